The summed E-state index contributed by atoms with van der Waals surface area (Å²) >= 11 is 0. The van der Waals surface area contributed by atoms with Crippen molar-refractivity contribution in [1.82, 2.24) is 0 Å². The molecule has 0 amide bonds. The minimum atomic E-state index is -1.39. The summed E-state index contributed by atoms with van der Waals surface area (Å²) in [5, 5.41) is 21.7. The van der Waals surface area contributed by atoms with Crippen molar-refractivity contribution in [3.05, 3.63) is 23.8 Å². The second-order valence-corrected chi connectivity index (χ2v) is 8.38. The Balaban J connectivity index is 2.35. The van der Waals surface area contributed by atoms with Crippen LogP contribution in [-0.4, -0.2) is 65.9 Å². The number of hydrogen-bond donors (Lipinski definition) is 2. The number of fused-ring (bicyclic) bond motifs is 1. The van der Waals surface area contributed by atoms with Crippen molar-refractivity contribution >= 4 is 23.7 Å². The Labute approximate surface area is 181 Å². The van der Waals surface area contributed by atoms with E-state index in [1.54, 1.807) is 6.92 Å². The van der Waals surface area contributed by atoms with Crippen molar-refractivity contribution in [1.29, 1.82) is 0 Å². The van der Waals surface area contributed by atoms with Crippen molar-refractivity contribution in [2.24, 2.45) is 17.3 Å². The second-order valence-electron chi connectivity index (χ2n) is 8.38. The van der Waals surface area contributed by atoms with Gasteiger partial charge in [0.25, 0.3) is 0 Å². The van der Waals surface area contributed by atoms with Gasteiger partial charge in [-0.25, -0.2) is 9.59 Å². The molecular formula is C22H30O9. The number of carbonyl (C=O) groups excluding carboxylic acids is 4. The van der Waals surface area contributed by atoms with E-state index in [1.165, 1.54) is 19.9 Å². The summed E-state index contributed by atoms with van der Waals surface area (Å²) < 4.78 is 15.1. The zero-order valence-electron chi connectivity index (χ0n) is 18.3. The van der Waals surface area contributed by atoms with E-state index in [4.69, 9.17) is 14.2 Å². The largest absolute Gasteiger partial charge is 0.466 e. The number of methoxy groups -OCH3 is 1. The quantitative estimate of drug-likeness (QED) is 0.351. The van der Waals surface area contributed by atoms with Gasteiger partial charge >= 0.3 is 17.9 Å². The Morgan fingerprint density at radius 2 is 1.87 bits per heavy atom. The molecule has 2 saturated carbocycles. The maximum atomic E-state index is 12.6. The number of ketones is 1. The molecule has 2 N–H and O–H groups in total. The number of aliphatic hydroxyl groups excluding tert-OH is 2. The van der Waals surface area contributed by atoms with E-state index in [0.29, 0.717) is 0 Å². The van der Waals surface area contributed by atoms with Crippen LogP contribution in [0.2, 0.25) is 0 Å². The minimum Gasteiger partial charge on any atom is -0.466 e. The van der Waals surface area contributed by atoms with Crippen LogP contribution in [0.25, 0.3) is 0 Å². The number of carbonyl (C=O) groups is 4. The fourth-order valence-electron chi connectivity index (χ4n) is 4.58. The fraction of sp³-hybridized carbons (Fsp3) is 0.636. The van der Waals surface area contributed by atoms with E-state index in [-0.39, 0.29) is 42.8 Å². The predicted molar refractivity (Wildman–Crippen MR) is 107 cm³/mol. The van der Waals surface area contributed by atoms with Gasteiger partial charge in [0.1, 0.15) is 18.5 Å². The van der Waals surface area contributed by atoms with Crippen LogP contribution >= 0.6 is 0 Å². The van der Waals surface area contributed by atoms with Crippen molar-refractivity contribution in [2.75, 3.05) is 13.7 Å². The van der Waals surface area contributed by atoms with E-state index in [2.05, 4.69) is 6.58 Å². The Bertz CT molecular complexity index is 799. The summed E-state index contributed by atoms with van der Waals surface area (Å²) in [6.45, 7) is 7.97. The smallest absolute Gasteiger partial charge is 0.333 e. The summed E-state index contributed by atoms with van der Waals surface area (Å²) in [5.41, 5.74) is -1.00. The number of rotatable bonds is 6. The molecule has 9 heteroatoms. The predicted octanol–water partition coefficient (Wildman–Crippen LogP) is 0.864. The zero-order chi connectivity index (χ0) is 23.5. The molecule has 172 valence electrons. The van der Waals surface area contributed by atoms with Crippen LogP contribution in [0.5, 0.6) is 0 Å². The molecule has 2 rings (SSSR count). The fourth-order valence-corrected chi connectivity index (χ4v) is 4.58. The standard InChI is InChI=1S/C22H30O9/c1-11(8-9-30-13(3)23)20(27)31-15-10-22(4)16(25)7-6-14(24)18(22)19(26)17(15)12(2)21(28)29-5/h8,15-19,25-26H,2,6-7,9-10H2,1,3-5H3. The van der Waals surface area contributed by atoms with Gasteiger partial charge in [0, 0.05) is 29.9 Å². The van der Waals surface area contributed by atoms with Gasteiger partial charge in [0.2, 0.25) is 0 Å². The van der Waals surface area contributed by atoms with Crippen molar-refractivity contribution in [3.63, 3.8) is 0 Å². The molecule has 0 radical (unpaired) electrons. The topological polar surface area (TPSA) is 136 Å². The van der Waals surface area contributed by atoms with Gasteiger partial charge in [0.05, 0.1) is 31.2 Å². The lowest BCUT2D eigenvalue weighted by Crippen LogP contribution is -2.62. The van der Waals surface area contributed by atoms with Crippen LogP contribution in [0.15, 0.2) is 23.8 Å². The average molecular weight is 438 g/mol. The normalized spacial score (nSPS) is 33.2. The molecule has 0 spiro atoms. The summed E-state index contributed by atoms with van der Waals surface area (Å²) in [7, 11) is 1.16. The Hall–Kier alpha value is -2.52. The maximum absolute atomic E-state index is 12.6. The van der Waals surface area contributed by atoms with Crippen LogP contribution in [-0.2, 0) is 33.4 Å². The highest BCUT2D eigenvalue weighted by molar-refractivity contribution is 5.90. The number of hydrogen-bond acceptors (Lipinski definition) is 9. The molecule has 31 heavy (non-hydrogen) atoms. The first-order chi connectivity index (χ1) is 14.4. The molecule has 2 aliphatic rings. The average Bonchev–Trinajstić information content (AvgIpc) is 2.69. The monoisotopic (exact) mass is 438 g/mol. The SMILES string of the molecule is C=C(C(=O)OC)C1C(OC(=O)C(C)=CCOC(C)=O)CC2(C)C(O)CCC(=O)C2C1O. The molecular weight excluding hydrogens is 408 g/mol. The van der Waals surface area contributed by atoms with E-state index < -0.39 is 53.5 Å². The highest BCUT2D eigenvalue weighted by atomic mass is 16.5. The van der Waals surface area contributed by atoms with Crippen LogP contribution < -0.4 is 0 Å². The van der Waals surface area contributed by atoms with Crippen molar-refractivity contribution < 1.29 is 43.6 Å². The molecule has 0 aromatic heterocycles. The lowest BCUT2D eigenvalue weighted by Gasteiger charge is -2.54. The molecule has 2 fully saturated rings. The molecule has 0 heterocycles. The van der Waals surface area contributed by atoms with Gasteiger partial charge in [-0.2, -0.15) is 0 Å². The van der Waals surface area contributed by atoms with E-state index >= 15 is 0 Å². The minimum absolute atomic E-state index is 0.0469. The number of esters is 3. The second kappa shape index (κ2) is 9.74. The molecule has 0 saturated heterocycles. The molecule has 6 atom stereocenters. The van der Waals surface area contributed by atoms with Crippen LogP contribution in [0, 0.1) is 17.3 Å². The third kappa shape index (κ3) is 5.04. The number of ether oxygens (including phenoxy) is 3. The van der Waals surface area contributed by atoms with Crippen LogP contribution in [0.4, 0.5) is 0 Å². The van der Waals surface area contributed by atoms with Crippen molar-refractivity contribution in [2.45, 2.75) is 58.3 Å². The molecule has 0 aromatic carbocycles. The van der Waals surface area contributed by atoms with Gasteiger partial charge in [-0.1, -0.05) is 13.5 Å². The Morgan fingerprint density at radius 3 is 2.45 bits per heavy atom. The van der Waals surface area contributed by atoms with Gasteiger partial charge in [-0.3, -0.25) is 9.59 Å². The van der Waals surface area contributed by atoms with Crippen LogP contribution in [0.3, 0.4) is 0 Å². The maximum Gasteiger partial charge on any atom is 0.333 e. The highest BCUT2D eigenvalue weighted by Gasteiger charge is 2.60. The summed E-state index contributed by atoms with van der Waals surface area (Å²) in [6.07, 6.45) is -1.55. The first-order valence-corrected chi connectivity index (χ1v) is 10.1. The number of Topliss-reactive ketones (excluding diaryl/α,β-unsaturated/α-hetero) is 1. The third-order valence-electron chi connectivity index (χ3n) is 6.34. The van der Waals surface area contributed by atoms with Crippen molar-refractivity contribution in [3.8, 4) is 0 Å². The molecule has 0 aliphatic heterocycles. The zero-order valence-corrected chi connectivity index (χ0v) is 18.3. The van der Waals surface area contributed by atoms with Gasteiger partial charge < -0.3 is 24.4 Å². The lowest BCUT2D eigenvalue weighted by molar-refractivity contribution is -0.189. The summed E-state index contributed by atoms with van der Waals surface area (Å²) in [6, 6.07) is 0. The number of aliphatic hydroxyl groups is 2. The van der Waals surface area contributed by atoms with E-state index in [0.717, 1.165) is 7.11 Å². The van der Waals surface area contributed by atoms with E-state index in [1.807, 2.05) is 0 Å². The molecule has 6 unspecified atom stereocenters. The van der Waals surface area contributed by atoms with Gasteiger partial charge in [-0.15, -0.1) is 0 Å². The molecule has 2 aliphatic carbocycles. The molecule has 9 nitrogen and oxygen atoms in total. The summed E-state index contributed by atoms with van der Waals surface area (Å²) in [4.78, 5) is 48.3. The Kier molecular flexibility index (Phi) is 7.77. The van der Waals surface area contributed by atoms with E-state index in [9.17, 15) is 29.4 Å². The summed E-state index contributed by atoms with van der Waals surface area (Å²) in [5.74, 6) is -4.27. The Morgan fingerprint density at radius 1 is 1.23 bits per heavy atom. The third-order valence-corrected chi connectivity index (χ3v) is 6.34. The van der Waals surface area contributed by atoms with Gasteiger partial charge in [0.15, 0.2) is 0 Å². The first kappa shape index (κ1) is 24.7. The molecule has 0 bridgehead atoms. The highest BCUT2D eigenvalue weighted by Crippen LogP contribution is 2.52. The van der Waals surface area contributed by atoms with Gasteiger partial charge in [-0.05, 0) is 25.8 Å². The lowest BCUT2D eigenvalue weighted by atomic mass is 9.53. The molecule has 0 aromatic rings. The first-order valence-electron chi connectivity index (χ1n) is 10.1. The van der Waals surface area contributed by atoms with Crippen LogP contribution in [0.1, 0.15) is 40.0 Å².